The van der Waals surface area contributed by atoms with Gasteiger partial charge in [-0.15, -0.1) is 0 Å². The Balaban J connectivity index is 2.27. The zero-order chi connectivity index (χ0) is 12.5. The summed E-state index contributed by atoms with van der Waals surface area (Å²) >= 11 is 0. The molecule has 3 nitrogen and oxygen atoms in total. The number of hydrogen-bond donors (Lipinski definition) is 0. The number of hydrogen-bond acceptors (Lipinski definition) is 3. The van der Waals surface area contributed by atoms with E-state index in [4.69, 9.17) is 0 Å². The summed E-state index contributed by atoms with van der Waals surface area (Å²) in [4.78, 5) is 15.5. The van der Waals surface area contributed by atoms with Crippen LogP contribution in [0.15, 0.2) is 48.7 Å². The van der Waals surface area contributed by atoms with Crippen LogP contribution in [0.4, 0.5) is 0 Å². The van der Waals surface area contributed by atoms with Gasteiger partial charge in [-0.3, -0.25) is 0 Å². The van der Waals surface area contributed by atoms with Crippen LogP contribution in [0.2, 0.25) is 0 Å². The highest BCUT2D eigenvalue weighted by molar-refractivity contribution is 6.00. The molecule has 0 aliphatic rings. The fourth-order valence-electron chi connectivity index (χ4n) is 2.05. The van der Waals surface area contributed by atoms with Crippen LogP contribution in [0.25, 0.3) is 21.5 Å². The number of carbonyl (C=O) groups excluding carboxylic acids is 1. The molecule has 3 heteroatoms. The van der Waals surface area contributed by atoms with E-state index in [1.165, 1.54) is 7.11 Å². The number of pyridine rings is 1. The van der Waals surface area contributed by atoms with Gasteiger partial charge in [-0.2, -0.15) is 0 Å². The minimum absolute atomic E-state index is 0.334. The summed E-state index contributed by atoms with van der Waals surface area (Å²) in [6, 6.07) is 14.0. The van der Waals surface area contributed by atoms with Gasteiger partial charge in [-0.25, -0.2) is 9.78 Å². The molecule has 0 fully saturated rings. The second-order valence-corrected chi connectivity index (χ2v) is 4.11. The fourth-order valence-corrected chi connectivity index (χ4v) is 2.05. The van der Waals surface area contributed by atoms with Crippen LogP contribution >= 0.6 is 0 Å². The Kier molecular flexibility index (Phi) is 2.45. The van der Waals surface area contributed by atoms with Crippen molar-refractivity contribution in [3.05, 3.63) is 54.4 Å². The predicted octanol–water partition coefficient (Wildman–Crippen LogP) is 3.17. The van der Waals surface area contributed by atoms with Gasteiger partial charge in [0, 0.05) is 11.6 Å². The lowest BCUT2D eigenvalue weighted by molar-refractivity contribution is 0.0594. The molecule has 0 spiro atoms. The molecule has 1 aromatic heterocycles. The third-order valence-electron chi connectivity index (χ3n) is 2.98. The molecule has 0 unspecified atom stereocenters. The van der Waals surface area contributed by atoms with Gasteiger partial charge >= 0.3 is 5.97 Å². The van der Waals surface area contributed by atoms with Gasteiger partial charge in [-0.1, -0.05) is 24.3 Å². The minimum Gasteiger partial charge on any atom is -0.464 e. The number of rotatable bonds is 1. The zero-order valence-electron chi connectivity index (χ0n) is 9.88. The quantitative estimate of drug-likeness (QED) is 0.482. The van der Waals surface area contributed by atoms with Gasteiger partial charge in [0.15, 0.2) is 0 Å². The summed E-state index contributed by atoms with van der Waals surface area (Å²) in [7, 11) is 1.36. The fraction of sp³-hybridized carbons (Fsp3) is 0.0667. The van der Waals surface area contributed by atoms with Crippen molar-refractivity contribution in [1.29, 1.82) is 0 Å². The standard InChI is InChI=1S/C15H11NO2/c1-18-15(17)14-8-12-6-10-4-2-3-5-11(10)7-13(12)9-16-14/h2-9H,1H3. The molecule has 0 atom stereocenters. The van der Waals surface area contributed by atoms with Crippen LogP contribution < -0.4 is 0 Å². The number of fused-ring (bicyclic) bond motifs is 2. The van der Waals surface area contributed by atoms with Gasteiger partial charge < -0.3 is 4.74 Å². The summed E-state index contributed by atoms with van der Waals surface area (Å²) < 4.78 is 4.67. The average molecular weight is 237 g/mol. The van der Waals surface area contributed by atoms with E-state index >= 15 is 0 Å². The maximum Gasteiger partial charge on any atom is 0.356 e. The minimum atomic E-state index is -0.412. The molecule has 0 aliphatic carbocycles. The first-order valence-electron chi connectivity index (χ1n) is 5.65. The van der Waals surface area contributed by atoms with Gasteiger partial charge in [0.2, 0.25) is 0 Å². The molecule has 1 heterocycles. The maximum absolute atomic E-state index is 11.4. The number of nitrogens with zero attached hydrogens (tertiary/aromatic N) is 1. The van der Waals surface area contributed by atoms with E-state index in [0.29, 0.717) is 5.69 Å². The molecule has 2 aromatic carbocycles. The second kappa shape index (κ2) is 4.11. The van der Waals surface area contributed by atoms with E-state index in [0.717, 1.165) is 21.5 Å². The largest absolute Gasteiger partial charge is 0.464 e. The first-order chi connectivity index (χ1) is 8.78. The van der Waals surface area contributed by atoms with Gasteiger partial charge in [0.25, 0.3) is 0 Å². The molecule has 0 aliphatic heterocycles. The summed E-state index contributed by atoms with van der Waals surface area (Å²) in [5.74, 6) is -0.412. The lowest BCUT2D eigenvalue weighted by Crippen LogP contribution is -2.03. The maximum atomic E-state index is 11.4. The van der Waals surface area contributed by atoms with E-state index in [9.17, 15) is 4.79 Å². The Morgan fingerprint density at radius 3 is 2.33 bits per heavy atom. The third kappa shape index (κ3) is 1.70. The molecule has 0 N–H and O–H groups in total. The normalized spacial score (nSPS) is 10.7. The summed E-state index contributed by atoms with van der Waals surface area (Å²) in [6.45, 7) is 0. The van der Waals surface area contributed by atoms with Crippen LogP contribution in [0, 0.1) is 0 Å². The van der Waals surface area contributed by atoms with Crippen LogP contribution in [0.5, 0.6) is 0 Å². The number of benzene rings is 2. The Hall–Kier alpha value is -2.42. The average Bonchev–Trinajstić information content (AvgIpc) is 2.43. The number of ether oxygens (including phenoxy) is 1. The Morgan fingerprint density at radius 2 is 1.67 bits per heavy atom. The molecule has 18 heavy (non-hydrogen) atoms. The van der Waals surface area contributed by atoms with Crippen molar-refractivity contribution >= 4 is 27.5 Å². The molecule has 88 valence electrons. The van der Waals surface area contributed by atoms with Crippen LogP contribution in [-0.2, 0) is 4.74 Å². The number of carbonyl (C=O) groups is 1. The summed E-state index contributed by atoms with van der Waals surface area (Å²) in [6.07, 6.45) is 1.70. The molecule has 0 amide bonds. The molecule has 3 rings (SSSR count). The Bertz CT molecular complexity index is 750. The van der Waals surface area contributed by atoms with Crippen molar-refractivity contribution in [2.75, 3.05) is 7.11 Å². The number of esters is 1. The summed E-state index contributed by atoms with van der Waals surface area (Å²) in [5, 5.41) is 4.31. The first-order valence-corrected chi connectivity index (χ1v) is 5.65. The van der Waals surface area contributed by atoms with Gasteiger partial charge in [0.05, 0.1) is 7.11 Å². The first kappa shape index (κ1) is 10.7. The van der Waals surface area contributed by atoms with Crippen LogP contribution in [0.3, 0.4) is 0 Å². The van der Waals surface area contributed by atoms with E-state index < -0.39 is 5.97 Å². The highest BCUT2D eigenvalue weighted by atomic mass is 16.5. The lowest BCUT2D eigenvalue weighted by Gasteiger charge is -2.03. The monoisotopic (exact) mass is 237 g/mol. The van der Waals surface area contributed by atoms with E-state index in [1.807, 2.05) is 18.2 Å². The van der Waals surface area contributed by atoms with E-state index in [-0.39, 0.29) is 0 Å². The van der Waals surface area contributed by atoms with Crippen molar-refractivity contribution in [2.45, 2.75) is 0 Å². The van der Waals surface area contributed by atoms with Crippen molar-refractivity contribution in [3.8, 4) is 0 Å². The molecule has 0 saturated heterocycles. The topological polar surface area (TPSA) is 39.2 Å². The molecule has 0 bridgehead atoms. The molecule has 0 radical (unpaired) electrons. The molecule has 0 saturated carbocycles. The molecule has 3 aromatic rings. The second-order valence-electron chi connectivity index (χ2n) is 4.11. The van der Waals surface area contributed by atoms with Crippen molar-refractivity contribution < 1.29 is 9.53 Å². The Labute approximate surface area is 104 Å². The number of methoxy groups -OCH3 is 1. The number of aromatic nitrogens is 1. The van der Waals surface area contributed by atoms with E-state index in [2.05, 4.69) is 27.9 Å². The third-order valence-corrected chi connectivity index (χ3v) is 2.98. The van der Waals surface area contributed by atoms with Crippen LogP contribution in [0.1, 0.15) is 10.5 Å². The van der Waals surface area contributed by atoms with Crippen molar-refractivity contribution in [1.82, 2.24) is 4.98 Å². The zero-order valence-corrected chi connectivity index (χ0v) is 9.88. The summed E-state index contributed by atoms with van der Waals surface area (Å²) in [5.41, 5.74) is 0.334. The predicted molar refractivity (Wildman–Crippen MR) is 70.6 cm³/mol. The Morgan fingerprint density at radius 1 is 1.00 bits per heavy atom. The van der Waals surface area contributed by atoms with Gasteiger partial charge in [0.1, 0.15) is 5.69 Å². The highest BCUT2D eigenvalue weighted by Gasteiger charge is 2.08. The van der Waals surface area contributed by atoms with Gasteiger partial charge in [-0.05, 0) is 34.4 Å². The lowest BCUT2D eigenvalue weighted by atomic mass is 10.0. The molecular weight excluding hydrogens is 226 g/mol. The van der Waals surface area contributed by atoms with Crippen molar-refractivity contribution in [2.24, 2.45) is 0 Å². The smallest absolute Gasteiger partial charge is 0.356 e. The highest BCUT2D eigenvalue weighted by Crippen LogP contribution is 2.22. The van der Waals surface area contributed by atoms with E-state index in [1.54, 1.807) is 12.3 Å². The van der Waals surface area contributed by atoms with Crippen LogP contribution in [-0.4, -0.2) is 18.1 Å². The molecular formula is C15H11NO2. The van der Waals surface area contributed by atoms with Crippen molar-refractivity contribution in [3.63, 3.8) is 0 Å². The SMILES string of the molecule is COC(=O)c1cc2cc3ccccc3cc2cn1.